The number of aromatic nitrogens is 3. The Bertz CT molecular complexity index is 690. The van der Waals surface area contributed by atoms with Gasteiger partial charge in [0, 0.05) is 11.9 Å². The second-order valence-corrected chi connectivity index (χ2v) is 4.81. The molecule has 0 radical (unpaired) electrons. The maximum atomic E-state index is 12.9. The molecule has 0 aliphatic heterocycles. The zero-order chi connectivity index (χ0) is 14.7. The van der Waals surface area contributed by atoms with Gasteiger partial charge in [-0.15, -0.1) is 0 Å². The van der Waals surface area contributed by atoms with Crippen molar-refractivity contribution in [1.29, 1.82) is 0 Å². The van der Waals surface area contributed by atoms with Gasteiger partial charge in [-0.1, -0.05) is 12.1 Å². The summed E-state index contributed by atoms with van der Waals surface area (Å²) in [5, 5.41) is 10.2. The van der Waals surface area contributed by atoms with Crippen LogP contribution in [0, 0.1) is 5.82 Å². The second kappa shape index (κ2) is 5.75. The van der Waals surface area contributed by atoms with Crippen LogP contribution in [0.3, 0.4) is 0 Å². The fourth-order valence-electron chi connectivity index (χ4n) is 2.13. The number of aromatic amines is 1. The van der Waals surface area contributed by atoms with Gasteiger partial charge >= 0.3 is 0 Å². The highest BCUT2D eigenvalue weighted by Crippen LogP contribution is 2.22. The zero-order valence-electron chi connectivity index (χ0n) is 11.5. The fourth-order valence-corrected chi connectivity index (χ4v) is 2.13. The average Bonchev–Trinajstić information content (AvgIpc) is 3.03. The molecule has 1 aromatic carbocycles. The summed E-state index contributed by atoms with van der Waals surface area (Å²) < 4.78 is 12.9. The van der Waals surface area contributed by atoms with Gasteiger partial charge in [0.15, 0.2) is 0 Å². The largest absolute Gasteiger partial charge is 0.377 e. The van der Waals surface area contributed by atoms with Crippen molar-refractivity contribution in [3.05, 3.63) is 66.4 Å². The van der Waals surface area contributed by atoms with Crippen molar-refractivity contribution in [1.82, 2.24) is 15.2 Å². The molecule has 0 saturated carbocycles. The SMILES string of the molecule is CC(Nc1ccc(-c2ccn[nH]2)cc1)c1ccc(F)cn1. The van der Waals surface area contributed by atoms with Gasteiger partial charge in [-0.2, -0.15) is 5.10 Å². The van der Waals surface area contributed by atoms with E-state index in [1.165, 1.54) is 12.3 Å². The van der Waals surface area contributed by atoms with E-state index in [0.717, 1.165) is 22.6 Å². The summed E-state index contributed by atoms with van der Waals surface area (Å²) in [5.41, 5.74) is 3.84. The number of pyridine rings is 1. The van der Waals surface area contributed by atoms with E-state index in [9.17, 15) is 4.39 Å². The highest BCUT2D eigenvalue weighted by atomic mass is 19.1. The molecule has 3 rings (SSSR count). The molecule has 2 N–H and O–H groups in total. The Kier molecular flexibility index (Phi) is 3.64. The van der Waals surface area contributed by atoms with Crippen LogP contribution in [0.4, 0.5) is 10.1 Å². The van der Waals surface area contributed by atoms with E-state index in [1.807, 2.05) is 37.3 Å². The predicted molar refractivity (Wildman–Crippen MR) is 80.3 cm³/mol. The molecule has 0 spiro atoms. The van der Waals surface area contributed by atoms with E-state index < -0.39 is 0 Å². The Labute approximate surface area is 122 Å². The van der Waals surface area contributed by atoms with E-state index >= 15 is 0 Å². The Hall–Kier alpha value is -2.69. The lowest BCUT2D eigenvalue weighted by Gasteiger charge is -2.15. The Morgan fingerprint density at radius 3 is 2.52 bits per heavy atom. The van der Waals surface area contributed by atoms with Crippen LogP contribution < -0.4 is 5.32 Å². The number of H-pyrrole nitrogens is 1. The molecule has 0 aliphatic carbocycles. The summed E-state index contributed by atoms with van der Waals surface area (Å²) in [4.78, 5) is 4.08. The summed E-state index contributed by atoms with van der Waals surface area (Å²) >= 11 is 0. The van der Waals surface area contributed by atoms with Gasteiger partial charge in [-0.05, 0) is 42.8 Å². The summed E-state index contributed by atoms with van der Waals surface area (Å²) in [6, 6.07) is 13.1. The number of halogens is 1. The van der Waals surface area contributed by atoms with Crippen molar-refractivity contribution in [2.75, 3.05) is 5.32 Å². The lowest BCUT2D eigenvalue weighted by atomic mass is 10.1. The van der Waals surface area contributed by atoms with Gasteiger partial charge in [-0.25, -0.2) is 4.39 Å². The van der Waals surface area contributed by atoms with Crippen LogP contribution in [-0.4, -0.2) is 15.2 Å². The lowest BCUT2D eigenvalue weighted by molar-refractivity contribution is 0.617. The normalized spacial score (nSPS) is 12.1. The molecule has 2 heterocycles. The Morgan fingerprint density at radius 1 is 1.10 bits per heavy atom. The summed E-state index contributed by atoms with van der Waals surface area (Å²) in [6.07, 6.45) is 2.96. The van der Waals surface area contributed by atoms with Crippen LogP contribution in [0.2, 0.25) is 0 Å². The molecule has 5 heteroatoms. The first-order chi connectivity index (χ1) is 10.2. The van der Waals surface area contributed by atoms with Crippen molar-refractivity contribution in [3.63, 3.8) is 0 Å². The minimum Gasteiger partial charge on any atom is -0.377 e. The molecule has 0 saturated heterocycles. The van der Waals surface area contributed by atoms with Crippen LogP contribution in [0.15, 0.2) is 54.9 Å². The number of rotatable bonds is 4. The first kappa shape index (κ1) is 13.3. The van der Waals surface area contributed by atoms with E-state index in [2.05, 4.69) is 20.5 Å². The molecule has 0 fully saturated rings. The van der Waals surface area contributed by atoms with Crippen molar-refractivity contribution in [2.24, 2.45) is 0 Å². The third-order valence-corrected chi connectivity index (χ3v) is 3.27. The number of nitrogens with zero attached hydrogens (tertiary/aromatic N) is 2. The zero-order valence-corrected chi connectivity index (χ0v) is 11.5. The molecule has 106 valence electrons. The van der Waals surface area contributed by atoms with Crippen LogP contribution in [0.5, 0.6) is 0 Å². The maximum Gasteiger partial charge on any atom is 0.141 e. The minimum absolute atomic E-state index is 0.00334. The van der Waals surface area contributed by atoms with Gasteiger partial charge in [-0.3, -0.25) is 10.1 Å². The number of anilines is 1. The number of benzene rings is 1. The van der Waals surface area contributed by atoms with Gasteiger partial charge in [0.25, 0.3) is 0 Å². The van der Waals surface area contributed by atoms with Crippen molar-refractivity contribution in [2.45, 2.75) is 13.0 Å². The van der Waals surface area contributed by atoms with Crippen LogP contribution in [0.25, 0.3) is 11.3 Å². The number of hydrogen-bond donors (Lipinski definition) is 2. The molecule has 0 aliphatic rings. The molecule has 1 unspecified atom stereocenters. The molecular weight excluding hydrogens is 267 g/mol. The quantitative estimate of drug-likeness (QED) is 0.765. The first-order valence-corrected chi connectivity index (χ1v) is 6.70. The van der Waals surface area contributed by atoms with Gasteiger partial charge < -0.3 is 5.32 Å². The molecule has 1 atom stereocenters. The van der Waals surface area contributed by atoms with E-state index in [4.69, 9.17) is 0 Å². The summed E-state index contributed by atoms with van der Waals surface area (Å²) in [7, 11) is 0. The minimum atomic E-state index is -0.324. The standard InChI is InChI=1S/C16H15FN4/c1-11(15-7-4-13(17)10-18-15)20-14-5-2-12(3-6-14)16-8-9-19-21-16/h2-11,20H,1H3,(H,19,21). The lowest BCUT2D eigenvalue weighted by Crippen LogP contribution is -2.08. The predicted octanol–water partition coefficient (Wildman–Crippen LogP) is 3.78. The molecule has 4 nitrogen and oxygen atoms in total. The van der Waals surface area contributed by atoms with Gasteiger partial charge in [0.1, 0.15) is 5.82 Å². The van der Waals surface area contributed by atoms with Crippen molar-refractivity contribution >= 4 is 5.69 Å². The monoisotopic (exact) mass is 282 g/mol. The van der Waals surface area contributed by atoms with Crippen LogP contribution in [0.1, 0.15) is 18.7 Å². The molecule has 0 bridgehead atoms. The molecular formula is C16H15FN4. The summed E-state index contributed by atoms with van der Waals surface area (Å²) in [5.74, 6) is -0.324. The third kappa shape index (κ3) is 3.08. The molecule has 21 heavy (non-hydrogen) atoms. The Balaban J connectivity index is 1.71. The molecule has 0 amide bonds. The van der Waals surface area contributed by atoms with Crippen LogP contribution >= 0.6 is 0 Å². The van der Waals surface area contributed by atoms with E-state index in [-0.39, 0.29) is 11.9 Å². The molecule has 2 aromatic heterocycles. The summed E-state index contributed by atoms with van der Waals surface area (Å²) in [6.45, 7) is 1.99. The second-order valence-electron chi connectivity index (χ2n) is 4.81. The first-order valence-electron chi connectivity index (χ1n) is 6.70. The Morgan fingerprint density at radius 2 is 1.90 bits per heavy atom. The topological polar surface area (TPSA) is 53.6 Å². The van der Waals surface area contributed by atoms with E-state index in [0.29, 0.717) is 0 Å². The smallest absolute Gasteiger partial charge is 0.141 e. The highest BCUT2D eigenvalue weighted by molar-refractivity contribution is 5.62. The van der Waals surface area contributed by atoms with Crippen molar-refractivity contribution < 1.29 is 4.39 Å². The van der Waals surface area contributed by atoms with Gasteiger partial charge in [0.2, 0.25) is 0 Å². The van der Waals surface area contributed by atoms with Gasteiger partial charge in [0.05, 0.1) is 23.6 Å². The van der Waals surface area contributed by atoms with Crippen molar-refractivity contribution in [3.8, 4) is 11.3 Å². The maximum absolute atomic E-state index is 12.9. The molecule has 3 aromatic rings. The fraction of sp³-hybridized carbons (Fsp3) is 0.125. The van der Waals surface area contributed by atoms with Crippen LogP contribution in [-0.2, 0) is 0 Å². The van der Waals surface area contributed by atoms with E-state index in [1.54, 1.807) is 12.3 Å². The number of hydrogen-bond acceptors (Lipinski definition) is 3. The average molecular weight is 282 g/mol. The third-order valence-electron chi connectivity index (χ3n) is 3.27. The number of nitrogens with one attached hydrogen (secondary N) is 2. The highest BCUT2D eigenvalue weighted by Gasteiger charge is 2.07.